The molecule has 0 aromatic heterocycles. The lowest BCUT2D eigenvalue weighted by atomic mass is 9.95. The molecule has 4 rings (SSSR count). The van der Waals surface area contributed by atoms with Crippen LogP contribution in [0, 0.1) is 5.92 Å². The zero-order chi connectivity index (χ0) is 55.5. The molecule has 0 aliphatic carbocycles. The van der Waals surface area contributed by atoms with Crippen molar-refractivity contribution in [1.29, 1.82) is 0 Å². The fourth-order valence-corrected chi connectivity index (χ4v) is 9.25. The number of carboxylic acids is 1. The van der Waals surface area contributed by atoms with Crippen LogP contribution in [0.5, 0.6) is 5.75 Å². The van der Waals surface area contributed by atoms with E-state index in [-0.39, 0.29) is 55.7 Å². The minimum atomic E-state index is -1.80. The van der Waals surface area contributed by atoms with Crippen molar-refractivity contribution >= 4 is 64.9 Å². The maximum atomic E-state index is 15.2. The molecule has 2 aromatic carbocycles. The average Bonchev–Trinajstić information content (AvgIpc) is 3.36. The summed E-state index contributed by atoms with van der Waals surface area (Å²) in [7, 11) is 5.08. The molecule has 2 heterocycles. The number of ether oxygens (including phenoxy) is 1. The van der Waals surface area contributed by atoms with Crippen LogP contribution < -0.4 is 26.6 Å². The number of rotatable bonds is 21. The molecule has 75 heavy (non-hydrogen) atoms. The molecule has 8 N–H and O–H groups in total. The highest BCUT2D eigenvalue weighted by atomic mass is 35.5. The lowest BCUT2D eigenvalue weighted by Crippen LogP contribution is -2.65. The number of likely N-dealkylation sites (N-methyl/N-ethyl adjacent to an activating group) is 1. The predicted octanol–water partition coefficient (Wildman–Crippen LogP) is 2.56. The Morgan fingerprint density at radius 2 is 1.55 bits per heavy atom. The van der Waals surface area contributed by atoms with E-state index < -0.39 is 120 Å². The van der Waals surface area contributed by atoms with E-state index in [4.69, 9.17) is 16.3 Å². The predicted molar refractivity (Wildman–Crippen MR) is 277 cm³/mol. The maximum absolute atomic E-state index is 15.2. The normalized spacial score (nSPS) is 24.1. The van der Waals surface area contributed by atoms with Gasteiger partial charge in [-0.25, -0.2) is 4.79 Å². The van der Waals surface area contributed by atoms with Gasteiger partial charge in [-0.05, 0) is 102 Å². The number of esters is 1. The zero-order valence-corrected chi connectivity index (χ0v) is 44.9. The van der Waals surface area contributed by atoms with Crippen molar-refractivity contribution < 1.29 is 63.2 Å². The Labute approximate surface area is 444 Å². The standard InChI is InChI=1S/C53H77ClN8O13/c1-8-10-12-20-42(64)55-37(23-26-44(66)67)48(69)59-46-32(4)75-53(74)45(31(3)9-2)58-49(70)39(30-34-21-24-41(63)35(54)28-34)61(7)52(73)40(29-33-17-13-11-14-18-33)62-43(65)25-22-38(51(62)72)57-47(68)36(56-50(46)71)19-15-16-27-60(5)6/h11,13-14,17-18,21,24,28,31-32,36-40,43,45-46,63,65H,8-10,12,15-16,19-20,22-23,25-27,29-30H2,1-7H3,(H,55,64)(H,56,71)(H,57,68)(H,58,70)(H,59,69)(H,66,67). The molecule has 2 aliphatic heterocycles. The highest BCUT2D eigenvalue weighted by molar-refractivity contribution is 6.32. The number of cyclic esters (lactones) is 1. The molecule has 414 valence electrons. The molecule has 2 aromatic rings. The summed E-state index contributed by atoms with van der Waals surface area (Å²) in [5.74, 6) is -8.99. The summed E-state index contributed by atoms with van der Waals surface area (Å²) in [6.07, 6.45) is -1.17. The molecule has 2 bridgehead atoms. The number of aliphatic hydroxyl groups excluding tert-OH is 1. The first kappa shape index (κ1) is 61.2. The SMILES string of the molecule is CCCCCC(=O)NC(CCC(=O)O)C(=O)NC1C(=O)NC(CCCCN(C)C)C(=O)NC2CCC(O)N(C2=O)C(Cc2ccccc2)C(=O)N(C)C(Cc2ccc(O)c(Cl)c2)C(=O)NC(C(C)CC)C(=O)OC1C. The highest BCUT2D eigenvalue weighted by Crippen LogP contribution is 2.28. The van der Waals surface area contributed by atoms with Crippen LogP contribution >= 0.6 is 11.6 Å². The molecule has 10 unspecified atom stereocenters. The van der Waals surface area contributed by atoms with Gasteiger partial charge in [-0.1, -0.05) is 88.0 Å². The third-order valence-corrected chi connectivity index (χ3v) is 14.1. The minimum Gasteiger partial charge on any atom is -0.506 e. The van der Waals surface area contributed by atoms with Crippen LogP contribution in [0.3, 0.4) is 0 Å². The first-order valence-electron chi connectivity index (χ1n) is 25.9. The second kappa shape index (κ2) is 29.7. The number of carboxylic acid groups (broad SMARTS) is 1. The number of nitrogens with zero attached hydrogens (tertiary/aromatic N) is 3. The number of nitrogens with one attached hydrogen (secondary N) is 5. The van der Waals surface area contributed by atoms with Crippen LogP contribution in [0.25, 0.3) is 0 Å². The first-order valence-corrected chi connectivity index (χ1v) is 26.3. The van der Waals surface area contributed by atoms with Gasteiger partial charge in [0.05, 0.1) is 5.02 Å². The van der Waals surface area contributed by atoms with Gasteiger partial charge in [-0.15, -0.1) is 0 Å². The van der Waals surface area contributed by atoms with Crippen LogP contribution in [0.15, 0.2) is 48.5 Å². The van der Waals surface area contributed by atoms with Gasteiger partial charge in [-0.2, -0.15) is 0 Å². The molecule has 0 spiro atoms. The number of unbranched alkanes of at least 4 members (excludes halogenated alkanes) is 3. The van der Waals surface area contributed by atoms with Crippen molar-refractivity contribution in [3.63, 3.8) is 0 Å². The number of piperidine rings is 1. The first-order chi connectivity index (χ1) is 35.6. The number of fused-ring (bicyclic) bond motifs is 2. The summed E-state index contributed by atoms with van der Waals surface area (Å²) < 4.78 is 5.97. The molecule has 0 saturated carbocycles. The fourth-order valence-electron chi connectivity index (χ4n) is 9.05. The third kappa shape index (κ3) is 18.2. The van der Waals surface area contributed by atoms with Gasteiger partial charge in [0.1, 0.15) is 60.4 Å². The maximum Gasteiger partial charge on any atom is 0.329 e. The second-order valence-corrected chi connectivity index (χ2v) is 20.3. The molecule has 21 nitrogen and oxygen atoms in total. The van der Waals surface area contributed by atoms with Crippen LogP contribution in [0.4, 0.5) is 0 Å². The summed E-state index contributed by atoms with van der Waals surface area (Å²) in [6, 6.07) is 2.61. The molecule has 10 atom stereocenters. The quantitative estimate of drug-likeness (QED) is 0.0659. The van der Waals surface area contributed by atoms with Crippen molar-refractivity contribution in [3.05, 3.63) is 64.7 Å². The number of hydrogen-bond donors (Lipinski definition) is 8. The summed E-state index contributed by atoms with van der Waals surface area (Å²) in [5, 5.41) is 44.8. The Morgan fingerprint density at radius 1 is 0.853 bits per heavy atom. The van der Waals surface area contributed by atoms with Crippen molar-refractivity contribution in [2.24, 2.45) is 5.92 Å². The molecule has 22 heteroatoms. The fraction of sp³-hybridized carbons (Fsp3) is 0.604. The number of phenolic OH excluding ortho intramolecular Hbond substituents is 1. The smallest absolute Gasteiger partial charge is 0.329 e. The molecule has 2 aliphatic rings. The van der Waals surface area contributed by atoms with Gasteiger partial charge in [-0.3, -0.25) is 38.4 Å². The number of carbonyl (C=O) groups is 9. The molecule has 2 fully saturated rings. The zero-order valence-electron chi connectivity index (χ0n) is 44.1. The largest absolute Gasteiger partial charge is 0.506 e. The lowest BCUT2D eigenvalue weighted by molar-refractivity contribution is -0.165. The number of halogens is 1. The van der Waals surface area contributed by atoms with Crippen LogP contribution in [-0.4, -0.2) is 166 Å². The second-order valence-electron chi connectivity index (χ2n) is 19.9. The van der Waals surface area contributed by atoms with Crippen LogP contribution in [0.2, 0.25) is 5.02 Å². The summed E-state index contributed by atoms with van der Waals surface area (Å²) in [6.45, 7) is 7.28. The Kier molecular flexibility index (Phi) is 24.2. The lowest BCUT2D eigenvalue weighted by Gasteiger charge is -2.43. The number of aliphatic carboxylic acids is 1. The van der Waals surface area contributed by atoms with E-state index in [9.17, 15) is 53.7 Å². The van der Waals surface area contributed by atoms with Gasteiger partial charge in [0.2, 0.25) is 41.4 Å². The molecule has 2 saturated heterocycles. The van der Waals surface area contributed by atoms with Crippen molar-refractivity contribution in [2.75, 3.05) is 27.7 Å². The molecule has 0 radical (unpaired) electrons. The Bertz CT molecular complexity index is 2310. The van der Waals surface area contributed by atoms with E-state index in [0.29, 0.717) is 43.4 Å². The number of amides is 7. The summed E-state index contributed by atoms with van der Waals surface area (Å²) in [4.78, 5) is 132. The van der Waals surface area contributed by atoms with E-state index in [0.717, 1.165) is 22.6 Å². The van der Waals surface area contributed by atoms with Gasteiger partial charge >= 0.3 is 11.9 Å². The van der Waals surface area contributed by atoms with Crippen molar-refractivity contribution in [3.8, 4) is 5.75 Å². The number of hydrogen-bond acceptors (Lipinski definition) is 13. The number of aliphatic hydroxyl groups is 1. The van der Waals surface area contributed by atoms with E-state index in [1.807, 2.05) is 25.9 Å². The third-order valence-electron chi connectivity index (χ3n) is 13.8. The topological polar surface area (TPSA) is 293 Å². The van der Waals surface area contributed by atoms with E-state index in [2.05, 4.69) is 26.6 Å². The van der Waals surface area contributed by atoms with Gasteiger partial charge in [0.15, 0.2) is 0 Å². The average molecular weight is 1070 g/mol. The number of aromatic hydroxyl groups is 1. The Hall–Kier alpha value is -6.32. The van der Waals surface area contributed by atoms with E-state index in [1.54, 1.807) is 44.2 Å². The van der Waals surface area contributed by atoms with E-state index in [1.165, 1.54) is 32.2 Å². The molecular weight excluding hydrogens is 992 g/mol. The van der Waals surface area contributed by atoms with Crippen molar-refractivity contribution in [2.45, 2.75) is 172 Å². The summed E-state index contributed by atoms with van der Waals surface area (Å²) >= 11 is 6.31. The number of benzene rings is 2. The molecule has 7 amide bonds. The van der Waals surface area contributed by atoms with E-state index >= 15 is 4.79 Å². The van der Waals surface area contributed by atoms with Gasteiger partial charge < -0.3 is 61.3 Å². The Balaban J connectivity index is 1.90. The highest BCUT2D eigenvalue weighted by Gasteiger charge is 2.46. The van der Waals surface area contributed by atoms with Gasteiger partial charge in [0, 0.05) is 32.7 Å². The van der Waals surface area contributed by atoms with Crippen LogP contribution in [-0.2, 0) is 60.7 Å². The van der Waals surface area contributed by atoms with Crippen LogP contribution in [0.1, 0.15) is 116 Å². The monoisotopic (exact) mass is 1070 g/mol. The summed E-state index contributed by atoms with van der Waals surface area (Å²) in [5.41, 5.74) is 0.988. The number of phenols is 1. The number of carbonyl (C=O) groups excluding carboxylic acids is 8. The van der Waals surface area contributed by atoms with Crippen molar-refractivity contribution in [1.82, 2.24) is 41.3 Å². The van der Waals surface area contributed by atoms with Gasteiger partial charge in [0.25, 0.3) is 0 Å². The molecular formula is C53H77ClN8O13. The Morgan fingerprint density at radius 3 is 2.19 bits per heavy atom. The minimum absolute atomic E-state index is 0.0260.